The van der Waals surface area contributed by atoms with Crippen molar-refractivity contribution < 1.29 is 0 Å². The van der Waals surface area contributed by atoms with Crippen LogP contribution in [0.4, 0.5) is 0 Å². The lowest BCUT2D eigenvalue weighted by Gasteiger charge is -2.26. The second-order valence-corrected chi connectivity index (χ2v) is 16.0. The van der Waals surface area contributed by atoms with Gasteiger partial charge in [0.15, 0.2) is 5.82 Å². The molecule has 1 aliphatic rings. The van der Waals surface area contributed by atoms with E-state index >= 15 is 0 Å². The minimum absolute atomic E-state index is 0.178. The van der Waals surface area contributed by atoms with E-state index in [0.29, 0.717) is 0 Å². The van der Waals surface area contributed by atoms with Crippen LogP contribution in [0.3, 0.4) is 0 Å². The molecule has 0 N–H and O–H groups in total. The molecule has 3 heteroatoms. The predicted octanol–water partition coefficient (Wildman–Crippen LogP) is 14.1. The van der Waals surface area contributed by atoms with Gasteiger partial charge in [-0.2, -0.15) is 0 Å². The molecule has 2 heterocycles. The van der Waals surface area contributed by atoms with Gasteiger partial charge in [0.1, 0.15) is 0 Å². The largest absolute Gasteiger partial charge is 0.228 e. The van der Waals surface area contributed by atoms with E-state index in [1.54, 1.807) is 0 Å². The Morgan fingerprint density at radius 2 is 1.00 bits per heavy atom. The van der Waals surface area contributed by atoms with Crippen molar-refractivity contribution in [3.8, 4) is 56.2 Å². The molecule has 0 saturated carbocycles. The van der Waals surface area contributed by atoms with Crippen LogP contribution in [0.2, 0.25) is 0 Å². The quantitative estimate of drug-likeness (QED) is 0.182. The highest BCUT2D eigenvalue weighted by Gasteiger charge is 2.39. The van der Waals surface area contributed by atoms with Crippen LogP contribution < -0.4 is 0 Å². The normalized spacial score (nSPS) is 13.1. The third-order valence-corrected chi connectivity index (χ3v) is 12.6. The molecule has 0 aliphatic heterocycles. The van der Waals surface area contributed by atoms with E-state index < -0.39 is 0 Å². The van der Waals surface area contributed by atoms with Gasteiger partial charge < -0.3 is 0 Å². The van der Waals surface area contributed by atoms with Crippen molar-refractivity contribution in [1.29, 1.82) is 0 Å². The molecule has 0 atom stereocenters. The molecule has 10 aromatic rings. The number of nitrogens with zero attached hydrogens (tertiary/aromatic N) is 2. The number of hydrogen-bond acceptors (Lipinski definition) is 3. The molecule has 0 spiro atoms. The van der Waals surface area contributed by atoms with E-state index in [0.717, 1.165) is 33.9 Å². The molecule has 0 radical (unpaired) electrons. The maximum Gasteiger partial charge on any atom is 0.160 e. The van der Waals surface area contributed by atoms with Crippen LogP contribution in [-0.2, 0) is 5.41 Å². The van der Waals surface area contributed by atoms with Crippen molar-refractivity contribution in [2.45, 2.75) is 19.3 Å². The first-order valence-electron chi connectivity index (χ1n) is 18.6. The predicted molar refractivity (Wildman–Crippen MR) is 229 cm³/mol. The van der Waals surface area contributed by atoms with Gasteiger partial charge in [-0.1, -0.05) is 159 Å². The molecule has 0 unspecified atom stereocenters. The van der Waals surface area contributed by atoms with Gasteiger partial charge in [0.25, 0.3) is 0 Å². The Morgan fingerprint density at radius 3 is 1.83 bits per heavy atom. The second kappa shape index (κ2) is 11.8. The molecule has 0 fully saturated rings. The Hall–Kier alpha value is -6.42. The number of fused-ring (bicyclic) bond motifs is 9. The second-order valence-electron chi connectivity index (χ2n) is 14.9. The lowest BCUT2D eigenvalue weighted by Crippen LogP contribution is -2.17. The Morgan fingerprint density at radius 1 is 0.389 bits per heavy atom. The van der Waals surface area contributed by atoms with Crippen LogP contribution in [0.5, 0.6) is 0 Å². The molecule has 2 aromatic heterocycles. The van der Waals surface area contributed by atoms with Gasteiger partial charge >= 0.3 is 0 Å². The van der Waals surface area contributed by atoms with E-state index in [-0.39, 0.29) is 5.41 Å². The summed E-state index contributed by atoms with van der Waals surface area (Å²) < 4.78 is 2.58. The van der Waals surface area contributed by atoms with Crippen molar-refractivity contribution in [3.05, 3.63) is 181 Å². The summed E-state index contributed by atoms with van der Waals surface area (Å²) >= 11 is 1.84. The first kappa shape index (κ1) is 31.1. The summed E-state index contributed by atoms with van der Waals surface area (Å²) in [5.41, 5.74) is 12.8. The van der Waals surface area contributed by atoms with Gasteiger partial charge in [0.2, 0.25) is 0 Å². The summed E-state index contributed by atoms with van der Waals surface area (Å²) in [6.45, 7) is 4.79. The van der Waals surface area contributed by atoms with Crippen LogP contribution in [0, 0.1) is 0 Å². The molecule has 1 aliphatic carbocycles. The third kappa shape index (κ3) is 4.65. The van der Waals surface area contributed by atoms with Crippen molar-refractivity contribution in [2.24, 2.45) is 0 Å². The first-order valence-corrected chi connectivity index (χ1v) is 19.4. The maximum atomic E-state index is 5.28. The van der Waals surface area contributed by atoms with Gasteiger partial charge in [0, 0.05) is 42.3 Å². The molecular weight excluding hydrogens is 673 g/mol. The summed E-state index contributed by atoms with van der Waals surface area (Å²) in [5, 5.41) is 7.56. The topological polar surface area (TPSA) is 25.8 Å². The van der Waals surface area contributed by atoms with E-state index in [9.17, 15) is 0 Å². The van der Waals surface area contributed by atoms with Crippen LogP contribution >= 0.6 is 11.3 Å². The molecule has 11 rings (SSSR count). The molecule has 0 saturated heterocycles. The Labute approximate surface area is 318 Å². The van der Waals surface area contributed by atoms with Crippen molar-refractivity contribution in [1.82, 2.24) is 9.97 Å². The molecule has 54 heavy (non-hydrogen) atoms. The number of rotatable bonds is 4. The van der Waals surface area contributed by atoms with E-state index in [4.69, 9.17) is 9.97 Å². The van der Waals surface area contributed by atoms with E-state index in [1.165, 1.54) is 75.1 Å². The number of thiophene rings is 1. The minimum Gasteiger partial charge on any atom is -0.228 e. The Kier molecular flexibility index (Phi) is 6.80. The van der Waals surface area contributed by atoms with Crippen molar-refractivity contribution >= 4 is 53.1 Å². The van der Waals surface area contributed by atoms with Crippen LogP contribution in [0.15, 0.2) is 170 Å². The maximum absolute atomic E-state index is 5.28. The summed E-state index contributed by atoms with van der Waals surface area (Å²) in [5.74, 6) is 0.721. The molecule has 2 nitrogen and oxygen atoms in total. The summed E-state index contributed by atoms with van der Waals surface area (Å²) in [6.07, 6.45) is 0. The minimum atomic E-state index is -0.178. The fourth-order valence-corrected chi connectivity index (χ4v) is 10.1. The van der Waals surface area contributed by atoms with Gasteiger partial charge in [-0.3, -0.25) is 0 Å². The highest BCUT2D eigenvalue weighted by atomic mass is 32.1. The highest BCUT2D eigenvalue weighted by molar-refractivity contribution is 7.25. The van der Waals surface area contributed by atoms with Gasteiger partial charge in [-0.25, -0.2) is 9.97 Å². The van der Waals surface area contributed by atoms with Crippen LogP contribution in [0.25, 0.3) is 97.9 Å². The zero-order valence-electron chi connectivity index (χ0n) is 30.0. The van der Waals surface area contributed by atoms with Gasteiger partial charge in [-0.15, -0.1) is 11.3 Å². The Bertz CT molecular complexity index is 3130. The lowest BCUT2D eigenvalue weighted by molar-refractivity contribution is 0.668. The van der Waals surface area contributed by atoms with E-state index in [2.05, 4.69) is 178 Å². The first-order chi connectivity index (χ1) is 26.5. The average molecular weight is 707 g/mol. The van der Waals surface area contributed by atoms with Crippen LogP contribution in [0.1, 0.15) is 25.0 Å². The SMILES string of the molecule is CC1(C)c2c(cccc2-c2ccc(-c3cc(-c4ccc5sc6ccccc6c5c4)nc(-c4ccccc4)n3)c3ccccc23)-c2ccc3ccccc3c21. The molecular formula is C51H34N2S. The summed E-state index contributed by atoms with van der Waals surface area (Å²) in [4.78, 5) is 10.5. The molecule has 0 bridgehead atoms. The van der Waals surface area contributed by atoms with Crippen molar-refractivity contribution in [2.75, 3.05) is 0 Å². The Balaban J connectivity index is 1.11. The molecule has 8 aromatic carbocycles. The van der Waals surface area contributed by atoms with Crippen LogP contribution in [-0.4, -0.2) is 9.97 Å². The zero-order chi connectivity index (χ0) is 36.0. The summed E-state index contributed by atoms with van der Waals surface area (Å²) in [6, 6.07) is 61.6. The third-order valence-electron chi connectivity index (χ3n) is 11.5. The van der Waals surface area contributed by atoms with Gasteiger partial charge in [0.05, 0.1) is 11.4 Å². The number of hydrogen-bond donors (Lipinski definition) is 0. The number of benzene rings is 8. The standard InChI is InChI=1S/C51H34N2S/c1-51(2)48-34-16-7-6-13-31(34)23-25-42(48)41-21-12-20-40(49(41)51)37-26-27-38(36-18-9-8-17-35(36)37)45-30-44(52-50(53-45)32-14-4-3-5-15-32)33-24-28-47-43(29-33)39-19-10-11-22-46(39)54-47/h3-30H,1-2H3. The van der Waals surface area contributed by atoms with Crippen molar-refractivity contribution in [3.63, 3.8) is 0 Å². The lowest BCUT2D eigenvalue weighted by atomic mass is 9.77. The number of aromatic nitrogens is 2. The zero-order valence-corrected chi connectivity index (χ0v) is 30.8. The highest BCUT2D eigenvalue weighted by Crippen LogP contribution is 2.55. The monoisotopic (exact) mass is 706 g/mol. The fourth-order valence-electron chi connectivity index (χ4n) is 9.06. The molecule has 254 valence electrons. The van der Waals surface area contributed by atoms with E-state index in [1.807, 2.05) is 17.4 Å². The fraction of sp³-hybridized carbons (Fsp3) is 0.0588. The average Bonchev–Trinajstić information content (AvgIpc) is 3.72. The molecule has 0 amide bonds. The summed E-state index contributed by atoms with van der Waals surface area (Å²) in [7, 11) is 0. The van der Waals surface area contributed by atoms with Gasteiger partial charge in [-0.05, 0) is 79.2 Å². The smallest absolute Gasteiger partial charge is 0.160 e.